The summed E-state index contributed by atoms with van der Waals surface area (Å²) >= 11 is 0. The van der Waals surface area contributed by atoms with Gasteiger partial charge in [0.2, 0.25) is 0 Å². The van der Waals surface area contributed by atoms with Crippen LogP contribution in [0.15, 0.2) is 22.8 Å². The van der Waals surface area contributed by atoms with Crippen LogP contribution in [-0.2, 0) is 4.79 Å². The third kappa shape index (κ3) is 1.50. The average molecular weight is 219 g/mol. The Morgan fingerprint density at radius 1 is 1.38 bits per heavy atom. The van der Waals surface area contributed by atoms with E-state index in [0.29, 0.717) is 23.9 Å². The van der Waals surface area contributed by atoms with Crippen LogP contribution in [0.25, 0.3) is 0 Å². The fraction of sp³-hybridized carbons (Fsp3) is 0.615. The Balaban J connectivity index is 1.83. The molecule has 16 heavy (non-hydrogen) atoms. The lowest BCUT2D eigenvalue weighted by molar-refractivity contribution is -0.124. The summed E-state index contributed by atoms with van der Waals surface area (Å²) in [6.07, 6.45) is 5.54. The largest absolute Gasteiger partial charge is 0.468 e. The van der Waals surface area contributed by atoms with Crippen molar-refractivity contribution in [2.24, 2.45) is 0 Å². The fourth-order valence-electron chi connectivity index (χ4n) is 3.31. The molecule has 3 nitrogen and oxygen atoms in total. The summed E-state index contributed by atoms with van der Waals surface area (Å²) in [4.78, 5) is 14.0. The van der Waals surface area contributed by atoms with E-state index in [4.69, 9.17) is 4.42 Å². The zero-order chi connectivity index (χ0) is 11.1. The van der Waals surface area contributed by atoms with Crippen LogP contribution in [0.3, 0.4) is 0 Å². The topological polar surface area (TPSA) is 33.5 Å². The maximum atomic E-state index is 11.5. The molecule has 3 atom stereocenters. The van der Waals surface area contributed by atoms with Crippen LogP contribution in [-0.4, -0.2) is 22.8 Å². The molecule has 0 N–H and O–H groups in total. The minimum Gasteiger partial charge on any atom is -0.468 e. The first-order valence-electron chi connectivity index (χ1n) is 6.08. The van der Waals surface area contributed by atoms with Crippen molar-refractivity contribution in [3.05, 3.63) is 24.2 Å². The van der Waals surface area contributed by atoms with E-state index < -0.39 is 0 Å². The number of Topliss-reactive ketones (excluding diaryl/α,β-unsaturated/α-hetero) is 1. The van der Waals surface area contributed by atoms with E-state index in [2.05, 4.69) is 11.8 Å². The van der Waals surface area contributed by atoms with E-state index in [1.165, 1.54) is 12.8 Å². The summed E-state index contributed by atoms with van der Waals surface area (Å²) in [6.45, 7) is 2.18. The molecule has 3 heterocycles. The molecular formula is C13H17NO2. The third-order valence-electron chi connectivity index (χ3n) is 4.01. The maximum Gasteiger partial charge on any atom is 0.136 e. The van der Waals surface area contributed by atoms with Crippen molar-refractivity contribution in [2.45, 2.75) is 50.7 Å². The predicted octanol–water partition coefficient (Wildman–Crippen LogP) is 2.54. The van der Waals surface area contributed by atoms with Crippen molar-refractivity contribution in [3.63, 3.8) is 0 Å². The van der Waals surface area contributed by atoms with Crippen molar-refractivity contribution in [2.75, 3.05) is 0 Å². The second-order valence-corrected chi connectivity index (χ2v) is 4.97. The minimum atomic E-state index is 0.306. The minimum absolute atomic E-state index is 0.306. The first-order chi connectivity index (χ1) is 7.75. The molecule has 0 spiro atoms. The predicted molar refractivity (Wildman–Crippen MR) is 60.0 cm³/mol. The first kappa shape index (κ1) is 10.1. The number of fused-ring (bicyclic) bond motifs is 2. The van der Waals surface area contributed by atoms with Gasteiger partial charge in [0.1, 0.15) is 11.5 Å². The normalized spacial score (nSPS) is 31.9. The summed E-state index contributed by atoms with van der Waals surface area (Å²) in [5.41, 5.74) is 0. The van der Waals surface area contributed by atoms with Gasteiger partial charge in [0.05, 0.1) is 12.3 Å². The van der Waals surface area contributed by atoms with E-state index in [0.717, 1.165) is 18.6 Å². The number of carbonyl (C=O) groups excluding carboxylic acids is 1. The Labute approximate surface area is 95.4 Å². The average Bonchev–Trinajstić information content (AvgIpc) is 2.85. The molecule has 86 valence electrons. The van der Waals surface area contributed by atoms with Gasteiger partial charge < -0.3 is 4.42 Å². The molecule has 2 fully saturated rings. The fourth-order valence-corrected chi connectivity index (χ4v) is 3.31. The second-order valence-electron chi connectivity index (χ2n) is 4.97. The van der Waals surface area contributed by atoms with Crippen molar-refractivity contribution >= 4 is 5.78 Å². The summed E-state index contributed by atoms with van der Waals surface area (Å²) in [7, 11) is 0. The number of hydrogen-bond acceptors (Lipinski definition) is 3. The molecule has 3 unspecified atom stereocenters. The van der Waals surface area contributed by atoms with Gasteiger partial charge in [0.15, 0.2) is 0 Å². The number of ketones is 1. The van der Waals surface area contributed by atoms with Crippen LogP contribution in [0.5, 0.6) is 0 Å². The van der Waals surface area contributed by atoms with Gasteiger partial charge in [-0.15, -0.1) is 0 Å². The lowest BCUT2D eigenvalue weighted by Crippen LogP contribution is -2.44. The van der Waals surface area contributed by atoms with Gasteiger partial charge in [0, 0.05) is 24.9 Å². The Bertz CT molecular complexity index is 369. The third-order valence-corrected chi connectivity index (χ3v) is 4.01. The van der Waals surface area contributed by atoms with Gasteiger partial charge in [-0.25, -0.2) is 0 Å². The lowest BCUT2D eigenvalue weighted by Gasteiger charge is -2.37. The highest BCUT2D eigenvalue weighted by atomic mass is 16.3. The van der Waals surface area contributed by atoms with Crippen LogP contribution >= 0.6 is 0 Å². The Morgan fingerprint density at radius 3 is 2.62 bits per heavy atom. The number of nitrogens with zero attached hydrogens (tertiary/aromatic N) is 1. The monoisotopic (exact) mass is 219 g/mol. The van der Waals surface area contributed by atoms with E-state index in [1.807, 2.05) is 12.1 Å². The van der Waals surface area contributed by atoms with Gasteiger partial charge in [-0.3, -0.25) is 9.69 Å². The first-order valence-corrected chi connectivity index (χ1v) is 6.08. The Morgan fingerprint density at radius 2 is 2.06 bits per heavy atom. The summed E-state index contributed by atoms with van der Waals surface area (Å²) in [5, 5.41) is 0. The van der Waals surface area contributed by atoms with Crippen molar-refractivity contribution in [3.8, 4) is 0 Å². The Kier molecular flexibility index (Phi) is 2.36. The van der Waals surface area contributed by atoms with Crippen LogP contribution in [0.1, 0.15) is 44.4 Å². The Hall–Kier alpha value is -1.09. The molecule has 0 aliphatic carbocycles. The smallest absolute Gasteiger partial charge is 0.136 e. The van der Waals surface area contributed by atoms with Crippen LogP contribution in [0.4, 0.5) is 0 Å². The quantitative estimate of drug-likeness (QED) is 0.766. The number of carbonyl (C=O) groups is 1. The highest BCUT2D eigenvalue weighted by Gasteiger charge is 2.43. The zero-order valence-electron chi connectivity index (χ0n) is 9.56. The second kappa shape index (κ2) is 3.74. The van der Waals surface area contributed by atoms with Gasteiger partial charge in [0.25, 0.3) is 0 Å². The SMILES string of the molecule is CC(c1ccco1)N1C2CCC1CC(=O)C2. The highest BCUT2D eigenvalue weighted by molar-refractivity contribution is 5.81. The van der Waals surface area contributed by atoms with Crippen LogP contribution in [0.2, 0.25) is 0 Å². The molecule has 2 aliphatic heterocycles. The molecule has 1 aromatic heterocycles. The van der Waals surface area contributed by atoms with Crippen LogP contribution in [0, 0.1) is 0 Å². The number of piperidine rings is 1. The highest BCUT2D eigenvalue weighted by Crippen LogP contribution is 2.40. The van der Waals surface area contributed by atoms with Gasteiger partial charge >= 0.3 is 0 Å². The number of furan rings is 1. The van der Waals surface area contributed by atoms with E-state index >= 15 is 0 Å². The van der Waals surface area contributed by atoms with Gasteiger partial charge in [-0.1, -0.05) is 0 Å². The summed E-state index contributed by atoms with van der Waals surface area (Å²) < 4.78 is 5.47. The summed E-state index contributed by atoms with van der Waals surface area (Å²) in [6, 6.07) is 5.17. The molecule has 2 bridgehead atoms. The molecule has 2 saturated heterocycles. The molecule has 3 heteroatoms. The molecule has 0 saturated carbocycles. The molecule has 2 aliphatic rings. The molecule has 0 aromatic carbocycles. The van der Waals surface area contributed by atoms with Crippen molar-refractivity contribution in [1.82, 2.24) is 4.90 Å². The number of hydrogen-bond donors (Lipinski definition) is 0. The molecule has 0 amide bonds. The van der Waals surface area contributed by atoms with Crippen LogP contribution < -0.4 is 0 Å². The standard InChI is InChI=1S/C13H17NO2/c1-9(13-3-2-6-16-13)14-10-4-5-11(14)8-12(15)7-10/h2-3,6,9-11H,4-5,7-8H2,1H3. The summed E-state index contributed by atoms with van der Waals surface area (Å²) in [5.74, 6) is 1.46. The van der Waals surface area contributed by atoms with Gasteiger partial charge in [-0.2, -0.15) is 0 Å². The molecule has 3 rings (SSSR count). The zero-order valence-corrected chi connectivity index (χ0v) is 9.56. The maximum absolute atomic E-state index is 11.5. The van der Waals surface area contributed by atoms with E-state index in [9.17, 15) is 4.79 Å². The van der Waals surface area contributed by atoms with Crippen molar-refractivity contribution < 1.29 is 9.21 Å². The molecule has 1 aromatic rings. The molecular weight excluding hydrogens is 202 g/mol. The van der Waals surface area contributed by atoms with Gasteiger partial charge in [-0.05, 0) is 31.9 Å². The number of rotatable bonds is 2. The van der Waals surface area contributed by atoms with E-state index in [1.54, 1.807) is 6.26 Å². The lowest BCUT2D eigenvalue weighted by atomic mass is 9.99. The van der Waals surface area contributed by atoms with Crippen molar-refractivity contribution in [1.29, 1.82) is 0 Å². The molecule has 0 radical (unpaired) electrons. The van der Waals surface area contributed by atoms with E-state index in [-0.39, 0.29) is 0 Å².